The maximum atomic E-state index is 11.3. The highest BCUT2D eigenvalue weighted by molar-refractivity contribution is 5.71. The van der Waals surface area contributed by atoms with Crippen molar-refractivity contribution in [3.63, 3.8) is 0 Å². The second-order valence-electron chi connectivity index (χ2n) is 4.31. The molecular weight excluding hydrogens is 246 g/mol. The van der Waals surface area contributed by atoms with Gasteiger partial charge in [-0.3, -0.25) is 4.79 Å². The number of hydrogen-bond acceptors (Lipinski definition) is 4. The molecule has 0 unspecified atom stereocenters. The van der Waals surface area contributed by atoms with Gasteiger partial charge in [0.05, 0.1) is 12.5 Å². The molecule has 1 aromatic carbocycles. The predicted molar refractivity (Wildman–Crippen MR) is 70.4 cm³/mol. The summed E-state index contributed by atoms with van der Waals surface area (Å²) in [6.07, 6.45) is -0.524. The van der Waals surface area contributed by atoms with Crippen LogP contribution < -0.4 is 5.32 Å². The van der Waals surface area contributed by atoms with Gasteiger partial charge in [0.1, 0.15) is 13.2 Å². The van der Waals surface area contributed by atoms with Crippen LogP contribution >= 0.6 is 0 Å². The Morgan fingerprint density at radius 3 is 2.47 bits per heavy atom. The second-order valence-corrected chi connectivity index (χ2v) is 4.31. The maximum Gasteiger partial charge on any atom is 0.407 e. The Balaban J connectivity index is 2.10. The molecule has 1 rings (SSSR count). The smallest absolute Gasteiger partial charge is 0.407 e. The van der Waals surface area contributed by atoms with E-state index in [0.29, 0.717) is 0 Å². The molecule has 0 aliphatic carbocycles. The molecule has 0 spiro atoms. The Labute approximate surface area is 112 Å². The molecule has 1 N–H and O–H groups in total. The van der Waals surface area contributed by atoms with E-state index in [-0.39, 0.29) is 31.6 Å². The summed E-state index contributed by atoms with van der Waals surface area (Å²) >= 11 is 0. The highest BCUT2D eigenvalue weighted by Gasteiger charge is 2.08. The van der Waals surface area contributed by atoms with E-state index >= 15 is 0 Å². The largest absolute Gasteiger partial charge is 0.464 e. The summed E-state index contributed by atoms with van der Waals surface area (Å²) in [4.78, 5) is 22.5. The minimum absolute atomic E-state index is 0.150. The first kappa shape index (κ1) is 15.0. The van der Waals surface area contributed by atoms with Crippen LogP contribution in [0.2, 0.25) is 0 Å². The Morgan fingerprint density at radius 2 is 1.84 bits per heavy atom. The van der Waals surface area contributed by atoms with Crippen molar-refractivity contribution in [3.05, 3.63) is 35.9 Å². The van der Waals surface area contributed by atoms with Crippen molar-refractivity contribution in [2.75, 3.05) is 13.2 Å². The zero-order chi connectivity index (χ0) is 14.1. The molecule has 0 aliphatic rings. The van der Waals surface area contributed by atoms with Crippen LogP contribution in [-0.4, -0.2) is 25.2 Å². The van der Waals surface area contributed by atoms with Gasteiger partial charge in [0.2, 0.25) is 0 Å². The van der Waals surface area contributed by atoms with Crippen LogP contribution in [0.3, 0.4) is 0 Å². The van der Waals surface area contributed by atoms with E-state index in [1.807, 2.05) is 30.3 Å². The van der Waals surface area contributed by atoms with E-state index in [4.69, 9.17) is 9.47 Å². The normalized spacial score (nSPS) is 10.1. The lowest BCUT2D eigenvalue weighted by molar-refractivity contribution is -0.147. The lowest BCUT2D eigenvalue weighted by Gasteiger charge is -2.09. The van der Waals surface area contributed by atoms with Crippen molar-refractivity contribution in [1.29, 1.82) is 0 Å². The number of amides is 1. The van der Waals surface area contributed by atoms with Crippen molar-refractivity contribution in [2.24, 2.45) is 5.92 Å². The SMILES string of the molecule is CC(C)C(=O)OCCNC(=O)OCc1ccccc1. The summed E-state index contributed by atoms with van der Waals surface area (Å²) in [7, 11) is 0. The zero-order valence-corrected chi connectivity index (χ0v) is 11.2. The summed E-state index contributed by atoms with van der Waals surface area (Å²) in [6.45, 7) is 4.12. The molecule has 0 fully saturated rings. The number of ether oxygens (including phenoxy) is 2. The molecular formula is C14H19NO4. The number of carbonyl (C=O) groups is 2. The van der Waals surface area contributed by atoms with Crippen molar-refractivity contribution in [3.8, 4) is 0 Å². The summed E-state index contributed by atoms with van der Waals surface area (Å²) < 4.78 is 9.90. The number of nitrogens with one attached hydrogen (secondary N) is 1. The Morgan fingerprint density at radius 1 is 1.16 bits per heavy atom. The Hall–Kier alpha value is -2.04. The predicted octanol–water partition coefficient (Wildman–Crippen LogP) is 2.11. The summed E-state index contributed by atoms with van der Waals surface area (Å²) in [5.41, 5.74) is 0.920. The molecule has 0 aliphatic heterocycles. The van der Waals surface area contributed by atoms with E-state index in [1.165, 1.54) is 0 Å². The third-order valence-corrected chi connectivity index (χ3v) is 2.30. The molecule has 0 atom stereocenters. The van der Waals surface area contributed by atoms with Crippen LogP contribution in [0, 0.1) is 5.92 Å². The average Bonchev–Trinajstić information content (AvgIpc) is 2.42. The third kappa shape index (κ3) is 6.45. The molecule has 0 saturated carbocycles. The lowest BCUT2D eigenvalue weighted by atomic mass is 10.2. The summed E-state index contributed by atoms with van der Waals surface area (Å²) in [6, 6.07) is 9.39. The van der Waals surface area contributed by atoms with Gasteiger partial charge in [-0.05, 0) is 5.56 Å². The number of esters is 1. The number of carbonyl (C=O) groups excluding carboxylic acids is 2. The van der Waals surface area contributed by atoms with Gasteiger partial charge >= 0.3 is 12.1 Å². The minimum atomic E-state index is -0.524. The van der Waals surface area contributed by atoms with Gasteiger partial charge in [-0.25, -0.2) is 4.79 Å². The Kier molecular flexibility index (Phi) is 6.43. The Bertz CT molecular complexity index is 403. The molecule has 5 nitrogen and oxygen atoms in total. The topological polar surface area (TPSA) is 64.6 Å². The van der Waals surface area contributed by atoms with E-state index in [1.54, 1.807) is 13.8 Å². The van der Waals surface area contributed by atoms with Gasteiger partial charge in [-0.15, -0.1) is 0 Å². The fraction of sp³-hybridized carbons (Fsp3) is 0.429. The molecule has 0 saturated heterocycles. The first-order valence-electron chi connectivity index (χ1n) is 6.21. The fourth-order valence-electron chi connectivity index (χ4n) is 1.25. The van der Waals surface area contributed by atoms with Gasteiger partial charge in [0, 0.05) is 0 Å². The standard InChI is InChI=1S/C14H19NO4/c1-11(2)13(16)18-9-8-15-14(17)19-10-12-6-4-3-5-7-12/h3-7,11H,8-10H2,1-2H3,(H,15,17). The van der Waals surface area contributed by atoms with E-state index < -0.39 is 6.09 Å². The molecule has 0 aromatic heterocycles. The maximum absolute atomic E-state index is 11.3. The monoisotopic (exact) mass is 265 g/mol. The van der Waals surface area contributed by atoms with E-state index in [9.17, 15) is 9.59 Å². The molecule has 19 heavy (non-hydrogen) atoms. The summed E-state index contributed by atoms with van der Waals surface area (Å²) in [5.74, 6) is -0.440. The van der Waals surface area contributed by atoms with Gasteiger partial charge in [-0.1, -0.05) is 44.2 Å². The molecule has 0 bridgehead atoms. The van der Waals surface area contributed by atoms with Crippen LogP contribution in [0.4, 0.5) is 4.79 Å². The quantitative estimate of drug-likeness (QED) is 0.632. The van der Waals surface area contributed by atoms with Crippen molar-refractivity contribution in [2.45, 2.75) is 20.5 Å². The average molecular weight is 265 g/mol. The third-order valence-electron chi connectivity index (χ3n) is 2.30. The van der Waals surface area contributed by atoms with Crippen LogP contribution in [0.5, 0.6) is 0 Å². The zero-order valence-electron chi connectivity index (χ0n) is 11.2. The molecule has 104 valence electrons. The lowest BCUT2D eigenvalue weighted by Crippen LogP contribution is -2.29. The van der Waals surface area contributed by atoms with Gasteiger partial charge < -0.3 is 14.8 Å². The fourth-order valence-corrected chi connectivity index (χ4v) is 1.25. The molecule has 0 radical (unpaired) electrons. The minimum Gasteiger partial charge on any atom is -0.464 e. The van der Waals surface area contributed by atoms with Crippen LogP contribution in [0.1, 0.15) is 19.4 Å². The van der Waals surface area contributed by atoms with Gasteiger partial charge in [0.15, 0.2) is 0 Å². The van der Waals surface area contributed by atoms with E-state index in [2.05, 4.69) is 5.32 Å². The number of rotatable bonds is 6. The van der Waals surface area contributed by atoms with Crippen LogP contribution in [0.25, 0.3) is 0 Å². The van der Waals surface area contributed by atoms with Crippen LogP contribution in [-0.2, 0) is 20.9 Å². The molecule has 1 amide bonds. The highest BCUT2D eigenvalue weighted by Crippen LogP contribution is 2.00. The molecule has 1 aromatic rings. The first-order valence-corrected chi connectivity index (χ1v) is 6.21. The highest BCUT2D eigenvalue weighted by atomic mass is 16.6. The van der Waals surface area contributed by atoms with Gasteiger partial charge in [-0.2, -0.15) is 0 Å². The van der Waals surface area contributed by atoms with Crippen LogP contribution in [0.15, 0.2) is 30.3 Å². The van der Waals surface area contributed by atoms with Crippen molar-refractivity contribution in [1.82, 2.24) is 5.32 Å². The summed E-state index contributed by atoms with van der Waals surface area (Å²) in [5, 5.41) is 2.51. The number of hydrogen-bond donors (Lipinski definition) is 1. The van der Waals surface area contributed by atoms with Crippen molar-refractivity contribution >= 4 is 12.1 Å². The first-order chi connectivity index (χ1) is 9.09. The number of benzene rings is 1. The molecule has 5 heteroatoms. The number of alkyl carbamates (subject to hydrolysis) is 1. The second kappa shape index (κ2) is 8.13. The molecule has 0 heterocycles. The van der Waals surface area contributed by atoms with Crippen molar-refractivity contribution < 1.29 is 19.1 Å². The van der Waals surface area contributed by atoms with Gasteiger partial charge in [0.25, 0.3) is 0 Å². The van der Waals surface area contributed by atoms with E-state index in [0.717, 1.165) is 5.56 Å².